The van der Waals surface area contributed by atoms with Gasteiger partial charge in [-0.1, -0.05) is 68.8 Å². The summed E-state index contributed by atoms with van der Waals surface area (Å²) in [6, 6.07) is 17.6. The fourth-order valence-electron chi connectivity index (χ4n) is 5.08. The van der Waals surface area contributed by atoms with Gasteiger partial charge in [-0.15, -0.1) is 11.3 Å². The Morgan fingerprint density at radius 2 is 1.81 bits per heavy atom. The molecule has 0 radical (unpaired) electrons. The van der Waals surface area contributed by atoms with Crippen molar-refractivity contribution in [2.24, 2.45) is 17.1 Å². The third-order valence-electron chi connectivity index (χ3n) is 7.27. The van der Waals surface area contributed by atoms with Crippen LogP contribution in [0.4, 0.5) is 5.00 Å². The minimum Gasteiger partial charge on any atom is -0.365 e. The van der Waals surface area contributed by atoms with E-state index >= 15 is 0 Å². The second-order valence-electron chi connectivity index (χ2n) is 10.8. The predicted molar refractivity (Wildman–Crippen MR) is 148 cm³/mol. The summed E-state index contributed by atoms with van der Waals surface area (Å²) in [4.78, 5) is 32.2. The number of benzene rings is 2. The summed E-state index contributed by atoms with van der Waals surface area (Å²) in [5, 5.41) is 4.36. The number of primary amides is 1. The molecule has 2 heterocycles. The highest BCUT2D eigenvalue weighted by molar-refractivity contribution is 7.17. The molecule has 0 saturated carbocycles. The van der Waals surface area contributed by atoms with Crippen molar-refractivity contribution >= 4 is 39.1 Å². The molecular weight excluding hydrogens is 466 g/mol. The second kappa shape index (κ2) is 9.17. The number of carbonyl (C=O) groups excluding carboxylic acids is 2. The maximum absolute atomic E-state index is 13.7. The molecule has 0 spiro atoms. The van der Waals surface area contributed by atoms with E-state index in [1.807, 2.05) is 61.5 Å². The molecule has 1 unspecified atom stereocenters. The van der Waals surface area contributed by atoms with Gasteiger partial charge in [-0.05, 0) is 55.2 Å². The number of para-hydroxylation sites is 1. The van der Waals surface area contributed by atoms with E-state index < -0.39 is 5.91 Å². The van der Waals surface area contributed by atoms with Crippen LogP contribution in [-0.2, 0) is 12.8 Å². The van der Waals surface area contributed by atoms with Crippen LogP contribution in [-0.4, -0.2) is 16.8 Å². The van der Waals surface area contributed by atoms with Crippen LogP contribution >= 0.6 is 11.3 Å². The summed E-state index contributed by atoms with van der Waals surface area (Å²) < 4.78 is 0. The lowest BCUT2D eigenvalue weighted by Crippen LogP contribution is -2.27. The van der Waals surface area contributed by atoms with E-state index in [9.17, 15) is 9.59 Å². The largest absolute Gasteiger partial charge is 0.365 e. The zero-order chi connectivity index (χ0) is 25.6. The molecule has 6 heteroatoms. The van der Waals surface area contributed by atoms with Crippen molar-refractivity contribution < 1.29 is 9.59 Å². The van der Waals surface area contributed by atoms with Crippen LogP contribution in [0.1, 0.15) is 63.9 Å². The first-order chi connectivity index (χ1) is 17.1. The molecule has 2 aromatic carbocycles. The van der Waals surface area contributed by atoms with Crippen molar-refractivity contribution in [1.29, 1.82) is 0 Å². The maximum atomic E-state index is 13.7. The monoisotopic (exact) mass is 497 g/mol. The van der Waals surface area contributed by atoms with Crippen LogP contribution in [0.3, 0.4) is 0 Å². The fraction of sp³-hybridized carbons (Fsp3) is 0.300. The Labute approximate surface area is 215 Å². The average molecular weight is 498 g/mol. The molecule has 4 aromatic rings. The van der Waals surface area contributed by atoms with Gasteiger partial charge in [-0.25, -0.2) is 4.98 Å². The molecule has 184 valence electrons. The van der Waals surface area contributed by atoms with Crippen LogP contribution in [0.2, 0.25) is 0 Å². The number of amides is 2. The molecule has 36 heavy (non-hydrogen) atoms. The molecular formula is C30H31N3O2S. The molecule has 1 aliphatic carbocycles. The van der Waals surface area contributed by atoms with Crippen molar-refractivity contribution in [3.63, 3.8) is 0 Å². The molecule has 0 aliphatic heterocycles. The Morgan fingerprint density at radius 1 is 1.08 bits per heavy atom. The van der Waals surface area contributed by atoms with Crippen LogP contribution in [0.25, 0.3) is 22.2 Å². The van der Waals surface area contributed by atoms with Crippen molar-refractivity contribution in [3.8, 4) is 11.3 Å². The molecule has 2 aromatic heterocycles. The summed E-state index contributed by atoms with van der Waals surface area (Å²) in [6.45, 7) is 8.81. The SMILES string of the molecule is Cc1ccc(-c2cc(C(=O)Nc3sc4c(c3C(N)=O)CCC(C(C)(C)C)C4)c3ccccc3n2)cc1. The molecule has 0 fully saturated rings. The standard InChI is InChI=1S/C30H31N3O2S/c1-17-9-11-18(12-10-17)24-16-22(20-7-5-6-8-23(20)32-24)28(35)33-29-26(27(31)34)21-14-13-19(30(2,3)4)15-25(21)36-29/h5-12,16,19H,13-15H2,1-4H3,(H2,31,34)(H,33,35). The molecule has 2 amide bonds. The van der Waals surface area contributed by atoms with E-state index in [1.165, 1.54) is 11.3 Å². The highest BCUT2D eigenvalue weighted by atomic mass is 32.1. The zero-order valence-electron chi connectivity index (χ0n) is 21.1. The Bertz CT molecular complexity index is 1480. The first-order valence-corrected chi connectivity index (χ1v) is 13.2. The van der Waals surface area contributed by atoms with Crippen LogP contribution in [0.5, 0.6) is 0 Å². The fourth-order valence-corrected chi connectivity index (χ4v) is 6.41. The lowest BCUT2D eigenvalue weighted by atomic mass is 9.72. The highest BCUT2D eigenvalue weighted by Gasteiger charge is 2.33. The zero-order valence-corrected chi connectivity index (χ0v) is 22.0. The molecule has 1 atom stereocenters. The number of fused-ring (bicyclic) bond motifs is 2. The van der Waals surface area contributed by atoms with Gasteiger partial charge in [0.2, 0.25) is 0 Å². The van der Waals surface area contributed by atoms with E-state index in [-0.39, 0.29) is 11.3 Å². The Morgan fingerprint density at radius 3 is 2.50 bits per heavy atom. The molecule has 0 bridgehead atoms. The van der Waals surface area contributed by atoms with Gasteiger partial charge in [-0.2, -0.15) is 0 Å². The first-order valence-electron chi connectivity index (χ1n) is 12.3. The van der Waals surface area contributed by atoms with Crippen LogP contribution < -0.4 is 11.1 Å². The summed E-state index contributed by atoms with van der Waals surface area (Å²) in [5.74, 6) is -0.235. The van der Waals surface area contributed by atoms with Gasteiger partial charge < -0.3 is 11.1 Å². The number of nitrogens with one attached hydrogen (secondary N) is 1. The highest BCUT2D eigenvalue weighted by Crippen LogP contribution is 2.44. The Hall–Kier alpha value is -3.51. The van der Waals surface area contributed by atoms with Gasteiger partial charge in [-0.3, -0.25) is 9.59 Å². The number of rotatable bonds is 4. The number of hydrogen-bond donors (Lipinski definition) is 2. The van der Waals surface area contributed by atoms with Crippen LogP contribution in [0, 0.1) is 18.3 Å². The second-order valence-corrected chi connectivity index (χ2v) is 11.9. The summed E-state index contributed by atoms with van der Waals surface area (Å²) >= 11 is 1.49. The van der Waals surface area contributed by atoms with Gasteiger partial charge in [0.05, 0.1) is 22.3 Å². The third kappa shape index (κ3) is 4.53. The number of carbonyl (C=O) groups is 2. The van der Waals surface area contributed by atoms with Crippen molar-refractivity contribution in [3.05, 3.63) is 81.7 Å². The summed E-state index contributed by atoms with van der Waals surface area (Å²) in [6.07, 6.45) is 2.71. The van der Waals surface area contributed by atoms with Crippen LogP contribution in [0.15, 0.2) is 54.6 Å². The normalized spacial score (nSPS) is 15.5. The minimum absolute atomic E-state index is 0.181. The van der Waals surface area contributed by atoms with E-state index in [0.717, 1.165) is 57.4 Å². The maximum Gasteiger partial charge on any atom is 0.257 e. The summed E-state index contributed by atoms with van der Waals surface area (Å²) in [5.41, 5.74) is 11.6. The van der Waals surface area contributed by atoms with E-state index in [2.05, 4.69) is 26.1 Å². The molecule has 0 saturated heterocycles. The van der Waals surface area contributed by atoms with Crippen molar-refractivity contribution in [2.45, 2.75) is 47.0 Å². The Balaban J connectivity index is 1.55. The topological polar surface area (TPSA) is 85.1 Å². The Kier molecular flexibility index (Phi) is 6.17. The van der Waals surface area contributed by atoms with Gasteiger partial charge in [0, 0.05) is 15.8 Å². The van der Waals surface area contributed by atoms with Gasteiger partial charge in [0.25, 0.3) is 11.8 Å². The number of hydrogen-bond acceptors (Lipinski definition) is 4. The number of nitrogens with zero attached hydrogens (tertiary/aromatic N) is 1. The quantitative estimate of drug-likeness (QED) is 0.326. The lowest BCUT2D eigenvalue weighted by molar-refractivity contribution is 0.1000. The average Bonchev–Trinajstić information content (AvgIpc) is 3.20. The number of anilines is 1. The van der Waals surface area contributed by atoms with Gasteiger partial charge in [0.1, 0.15) is 5.00 Å². The lowest BCUT2D eigenvalue weighted by Gasteiger charge is -2.33. The van der Waals surface area contributed by atoms with E-state index in [0.29, 0.717) is 22.0 Å². The predicted octanol–water partition coefficient (Wildman–Crippen LogP) is 6.77. The van der Waals surface area contributed by atoms with Gasteiger partial charge in [0.15, 0.2) is 0 Å². The number of aryl methyl sites for hydroxylation is 1. The van der Waals surface area contributed by atoms with Crippen molar-refractivity contribution in [1.82, 2.24) is 4.98 Å². The molecule has 5 rings (SSSR count). The number of aromatic nitrogens is 1. The van der Waals surface area contributed by atoms with E-state index in [1.54, 1.807) is 0 Å². The molecule has 1 aliphatic rings. The number of nitrogens with two attached hydrogens (primary N) is 1. The third-order valence-corrected chi connectivity index (χ3v) is 8.44. The van der Waals surface area contributed by atoms with Gasteiger partial charge >= 0.3 is 0 Å². The van der Waals surface area contributed by atoms with Crippen molar-refractivity contribution in [2.75, 3.05) is 5.32 Å². The van der Waals surface area contributed by atoms with E-state index in [4.69, 9.17) is 10.7 Å². The molecule has 3 N–H and O–H groups in total. The summed E-state index contributed by atoms with van der Waals surface area (Å²) in [7, 11) is 0. The number of thiophene rings is 1. The molecule has 5 nitrogen and oxygen atoms in total. The number of pyridine rings is 1. The first kappa shape index (κ1) is 24.2. The minimum atomic E-state index is -0.489. The smallest absolute Gasteiger partial charge is 0.257 e.